The monoisotopic (exact) mass is 437 g/mol. The van der Waals surface area contributed by atoms with Gasteiger partial charge in [0.1, 0.15) is 5.75 Å². The number of likely N-dealkylation sites (tertiary alicyclic amines) is 1. The van der Waals surface area contributed by atoms with Crippen molar-refractivity contribution in [1.29, 1.82) is 0 Å². The van der Waals surface area contributed by atoms with E-state index >= 15 is 0 Å². The molecule has 3 rings (SSSR count). The van der Waals surface area contributed by atoms with Crippen LogP contribution in [0.2, 0.25) is 0 Å². The number of carbonyl (C=O) groups excluding carboxylic acids is 1. The third-order valence-corrected chi connectivity index (χ3v) is 5.53. The molecule has 0 aliphatic carbocycles. The molecule has 1 fully saturated rings. The van der Waals surface area contributed by atoms with E-state index in [1.807, 2.05) is 0 Å². The summed E-state index contributed by atoms with van der Waals surface area (Å²) >= 11 is 0. The van der Waals surface area contributed by atoms with Gasteiger partial charge in [-0.15, -0.1) is 0 Å². The second-order valence-electron chi connectivity index (χ2n) is 7.68. The molecule has 2 heterocycles. The molecule has 0 saturated carbocycles. The van der Waals surface area contributed by atoms with Crippen LogP contribution in [0, 0.1) is 6.92 Å². The number of anilines is 2. The first-order valence-corrected chi connectivity index (χ1v) is 9.91. The van der Waals surface area contributed by atoms with Gasteiger partial charge >= 0.3 is 6.18 Å². The highest BCUT2D eigenvalue weighted by molar-refractivity contribution is 5.96. The Morgan fingerprint density at radius 2 is 1.97 bits per heavy atom. The van der Waals surface area contributed by atoms with Crippen molar-refractivity contribution in [1.82, 2.24) is 19.8 Å². The second kappa shape index (κ2) is 9.09. The molecule has 168 valence electrons. The van der Waals surface area contributed by atoms with E-state index < -0.39 is 11.7 Å². The first kappa shape index (κ1) is 22.8. The van der Waals surface area contributed by atoms with Crippen molar-refractivity contribution >= 4 is 17.5 Å². The fourth-order valence-electron chi connectivity index (χ4n) is 3.62. The number of amides is 1. The predicted octanol–water partition coefficient (Wildman–Crippen LogP) is 3.72. The highest BCUT2D eigenvalue weighted by Crippen LogP contribution is 2.32. The molecule has 0 spiro atoms. The molecule has 2 aromatic rings. The molecule has 31 heavy (non-hydrogen) atoms. The van der Waals surface area contributed by atoms with Gasteiger partial charge in [-0.05, 0) is 58.1 Å². The van der Waals surface area contributed by atoms with E-state index in [2.05, 4.69) is 27.2 Å². The second-order valence-corrected chi connectivity index (χ2v) is 7.68. The number of alkyl halides is 3. The van der Waals surface area contributed by atoms with E-state index in [4.69, 9.17) is 4.74 Å². The molecule has 1 N–H and O–H groups in total. The van der Waals surface area contributed by atoms with Crippen molar-refractivity contribution in [3.05, 3.63) is 41.2 Å². The fraction of sp³-hybridized carbons (Fsp3) is 0.476. The lowest BCUT2D eigenvalue weighted by Gasteiger charge is -2.35. The van der Waals surface area contributed by atoms with Crippen LogP contribution in [0.15, 0.2) is 24.4 Å². The summed E-state index contributed by atoms with van der Waals surface area (Å²) in [5, 5.41) is 2.87. The SMILES string of the molecule is COc1ccc(C(=O)N(C)C2CCN(C)CC2)cc1Nc1ncc(C(F)(F)F)c(C)n1. The number of hydrogen-bond acceptors (Lipinski definition) is 6. The molecule has 1 aliphatic heterocycles. The van der Waals surface area contributed by atoms with E-state index in [1.165, 1.54) is 14.0 Å². The number of methoxy groups -OCH3 is 1. The summed E-state index contributed by atoms with van der Waals surface area (Å²) in [6, 6.07) is 5.05. The number of halogens is 3. The predicted molar refractivity (Wildman–Crippen MR) is 111 cm³/mol. The van der Waals surface area contributed by atoms with Crippen LogP contribution < -0.4 is 10.1 Å². The van der Waals surface area contributed by atoms with Crippen LogP contribution in [-0.4, -0.2) is 66.0 Å². The summed E-state index contributed by atoms with van der Waals surface area (Å²) in [5.74, 6) is 0.265. The van der Waals surface area contributed by atoms with Crippen LogP contribution in [-0.2, 0) is 6.18 Å². The number of hydrogen-bond donors (Lipinski definition) is 1. The number of ether oxygens (including phenoxy) is 1. The molecule has 1 saturated heterocycles. The highest BCUT2D eigenvalue weighted by Gasteiger charge is 2.33. The number of rotatable bonds is 5. The van der Waals surface area contributed by atoms with E-state index in [0.29, 0.717) is 17.0 Å². The maximum Gasteiger partial charge on any atom is 0.419 e. The van der Waals surface area contributed by atoms with E-state index in [0.717, 1.165) is 32.1 Å². The molecule has 10 heteroatoms. The van der Waals surface area contributed by atoms with Crippen molar-refractivity contribution in [3.8, 4) is 5.75 Å². The van der Waals surface area contributed by atoms with Crippen LogP contribution in [0.25, 0.3) is 0 Å². The summed E-state index contributed by atoms with van der Waals surface area (Å²) in [6.45, 7) is 3.13. The van der Waals surface area contributed by atoms with Gasteiger partial charge in [0.05, 0.1) is 24.1 Å². The first-order chi connectivity index (χ1) is 14.6. The molecule has 0 bridgehead atoms. The first-order valence-electron chi connectivity index (χ1n) is 9.91. The van der Waals surface area contributed by atoms with E-state index in [1.54, 1.807) is 30.1 Å². The minimum Gasteiger partial charge on any atom is -0.495 e. The summed E-state index contributed by atoms with van der Waals surface area (Å²) in [4.78, 5) is 24.7. The molecule has 0 radical (unpaired) electrons. The number of aromatic nitrogens is 2. The lowest BCUT2D eigenvalue weighted by Crippen LogP contribution is -2.44. The van der Waals surface area contributed by atoms with Crippen LogP contribution >= 0.6 is 0 Å². The summed E-state index contributed by atoms with van der Waals surface area (Å²) in [7, 11) is 5.31. The van der Waals surface area contributed by atoms with E-state index in [-0.39, 0.29) is 23.6 Å². The van der Waals surface area contributed by atoms with Crippen molar-refractivity contribution in [2.75, 3.05) is 39.6 Å². The Kier molecular flexibility index (Phi) is 6.68. The zero-order chi connectivity index (χ0) is 22.8. The summed E-state index contributed by atoms with van der Waals surface area (Å²) in [5.41, 5.74) is -0.260. The molecular formula is C21H26F3N5O2. The Morgan fingerprint density at radius 1 is 1.29 bits per heavy atom. The van der Waals surface area contributed by atoms with Gasteiger partial charge in [0.15, 0.2) is 0 Å². The molecule has 1 aliphatic rings. The summed E-state index contributed by atoms with van der Waals surface area (Å²) in [6.07, 6.45) is -1.98. The van der Waals surface area contributed by atoms with Crippen LogP contribution in [0.4, 0.5) is 24.8 Å². The third kappa shape index (κ3) is 5.25. The standard InChI is InChI=1S/C21H26F3N5O2/c1-13-16(21(22,23)24)12-25-20(26-13)27-17-11-14(5-6-18(17)31-4)19(30)29(3)15-7-9-28(2)10-8-15/h5-6,11-12,15H,7-10H2,1-4H3,(H,25,26,27). The van der Waals surface area contributed by atoms with Gasteiger partial charge in [0.25, 0.3) is 5.91 Å². The normalized spacial score (nSPS) is 15.6. The number of aryl methyl sites for hydroxylation is 1. The molecule has 1 aromatic heterocycles. The average Bonchev–Trinajstić information content (AvgIpc) is 2.72. The number of nitrogens with zero attached hydrogens (tertiary/aromatic N) is 4. The Labute approximate surface area is 179 Å². The summed E-state index contributed by atoms with van der Waals surface area (Å²) < 4.78 is 44.2. The number of benzene rings is 1. The van der Waals surface area contributed by atoms with Gasteiger partial charge in [0, 0.05) is 24.8 Å². The van der Waals surface area contributed by atoms with Gasteiger partial charge in [-0.1, -0.05) is 0 Å². The maximum atomic E-state index is 13.0. The third-order valence-electron chi connectivity index (χ3n) is 5.53. The largest absolute Gasteiger partial charge is 0.495 e. The number of nitrogens with one attached hydrogen (secondary N) is 1. The Bertz CT molecular complexity index is 943. The highest BCUT2D eigenvalue weighted by atomic mass is 19.4. The Balaban J connectivity index is 1.82. The molecular weight excluding hydrogens is 411 g/mol. The lowest BCUT2D eigenvalue weighted by atomic mass is 10.0. The van der Waals surface area contributed by atoms with Gasteiger partial charge in [-0.3, -0.25) is 4.79 Å². The van der Waals surface area contributed by atoms with Crippen LogP contribution in [0.3, 0.4) is 0 Å². The Hall–Kier alpha value is -2.88. The molecule has 1 aromatic carbocycles. The van der Waals surface area contributed by atoms with Gasteiger partial charge < -0.3 is 19.9 Å². The van der Waals surface area contributed by atoms with Gasteiger partial charge in [0.2, 0.25) is 5.95 Å². The minimum absolute atomic E-state index is 0.0166. The minimum atomic E-state index is -4.52. The van der Waals surface area contributed by atoms with Gasteiger partial charge in [-0.25, -0.2) is 9.97 Å². The molecule has 0 atom stereocenters. The molecule has 1 amide bonds. The smallest absolute Gasteiger partial charge is 0.419 e. The van der Waals surface area contributed by atoms with Gasteiger partial charge in [-0.2, -0.15) is 13.2 Å². The van der Waals surface area contributed by atoms with Crippen molar-refractivity contribution < 1.29 is 22.7 Å². The average molecular weight is 437 g/mol. The fourth-order valence-corrected chi connectivity index (χ4v) is 3.62. The van der Waals surface area contributed by atoms with Crippen molar-refractivity contribution in [2.24, 2.45) is 0 Å². The topological polar surface area (TPSA) is 70.6 Å². The number of carbonyl (C=O) groups is 1. The van der Waals surface area contributed by atoms with Crippen molar-refractivity contribution in [2.45, 2.75) is 32.0 Å². The molecule has 0 unspecified atom stereocenters. The lowest BCUT2D eigenvalue weighted by molar-refractivity contribution is -0.138. The quantitative estimate of drug-likeness (QED) is 0.769. The van der Waals surface area contributed by atoms with E-state index in [9.17, 15) is 18.0 Å². The number of piperidine rings is 1. The molecule has 7 nitrogen and oxygen atoms in total. The Morgan fingerprint density at radius 3 is 2.55 bits per heavy atom. The van der Waals surface area contributed by atoms with Crippen LogP contribution in [0.5, 0.6) is 5.75 Å². The zero-order valence-corrected chi connectivity index (χ0v) is 18.0. The van der Waals surface area contributed by atoms with Crippen LogP contribution in [0.1, 0.15) is 34.5 Å². The maximum absolute atomic E-state index is 13.0. The van der Waals surface area contributed by atoms with Crippen molar-refractivity contribution in [3.63, 3.8) is 0 Å². The zero-order valence-electron chi connectivity index (χ0n) is 18.0.